The summed E-state index contributed by atoms with van der Waals surface area (Å²) in [5, 5.41) is 7.76. The van der Waals surface area contributed by atoms with Gasteiger partial charge in [0.05, 0.1) is 6.04 Å². The number of likely N-dealkylation sites (N-methyl/N-ethyl adjacent to an activating group) is 1. The van der Waals surface area contributed by atoms with Crippen molar-refractivity contribution in [3.8, 4) is 0 Å². The molecule has 0 bridgehead atoms. The van der Waals surface area contributed by atoms with Gasteiger partial charge in [-0.1, -0.05) is 18.2 Å². The van der Waals surface area contributed by atoms with Crippen molar-refractivity contribution in [3.05, 3.63) is 36.1 Å². The number of amides is 1. The van der Waals surface area contributed by atoms with Gasteiger partial charge in [-0.05, 0) is 31.9 Å². The van der Waals surface area contributed by atoms with Gasteiger partial charge in [0.15, 0.2) is 5.96 Å². The summed E-state index contributed by atoms with van der Waals surface area (Å²) in [5.74, 6) is 1.48. The average Bonchev–Trinajstić information content (AvgIpc) is 3.26. The number of rotatable bonds is 5. The summed E-state index contributed by atoms with van der Waals surface area (Å²) in [5.41, 5.74) is 0.873. The van der Waals surface area contributed by atoms with E-state index in [0.29, 0.717) is 12.0 Å². The van der Waals surface area contributed by atoms with Crippen LogP contribution in [0.2, 0.25) is 0 Å². The quantitative estimate of drug-likeness (QED) is 0.413. The maximum absolute atomic E-state index is 11.8. The Bertz CT molecular complexity index is 719. The molecule has 1 amide bonds. The Kier molecular flexibility index (Phi) is 6.69. The molecule has 1 aromatic heterocycles. The van der Waals surface area contributed by atoms with Crippen LogP contribution >= 0.6 is 24.0 Å². The van der Waals surface area contributed by atoms with E-state index in [4.69, 9.17) is 4.42 Å². The van der Waals surface area contributed by atoms with E-state index in [-0.39, 0.29) is 42.5 Å². The number of nitrogens with zero attached hydrogens (tertiary/aromatic N) is 2. The second kappa shape index (κ2) is 8.55. The maximum Gasteiger partial charge on any atom is 0.243 e. The molecule has 1 saturated carbocycles. The lowest BCUT2D eigenvalue weighted by atomic mass is 10.2. The topological polar surface area (TPSA) is 69.9 Å². The van der Waals surface area contributed by atoms with E-state index in [0.717, 1.165) is 29.6 Å². The maximum atomic E-state index is 11.8. The molecule has 3 rings (SSSR count). The lowest BCUT2D eigenvalue weighted by molar-refractivity contribution is -0.127. The molecule has 0 radical (unpaired) electrons. The van der Waals surface area contributed by atoms with Crippen molar-refractivity contribution in [1.29, 1.82) is 0 Å². The molecular weight excluding hydrogens is 431 g/mol. The first-order chi connectivity index (χ1) is 11.5. The Balaban J connectivity index is 0.00000225. The normalized spacial score (nSPS) is 15.4. The van der Waals surface area contributed by atoms with Gasteiger partial charge in [-0.25, -0.2) is 4.99 Å². The number of aliphatic imine (C=N–C) groups is 1. The van der Waals surface area contributed by atoms with Crippen LogP contribution in [0.25, 0.3) is 11.0 Å². The second-order valence-corrected chi connectivity index (χ2v) is 6.42. The van der Waals surface area contributed by atoms with Gasteiger partial charge < -0.3 is 20.0 Å². The van der Waals surface area contributed by atoms with Crippen molar-refractivity contribution in [2.75, 3.05) is 20.6 Å². The first kappa shape index (κ1) is 19.6. The van der Waals surface area contributed by atoms with E-state index < -0.39 is 0 Å². The molecule has 1 atom stereocenters. The number of carbonyl (C=O) groups excluding carboxylic acids is 1. The van der Waals surface area contributed by atoms with E-state index >= 15 is 0 Å². The molecule has 1 aromatic carbocycles. The van der Waals surface area contributed by atoms with Crippen LogP contribution < -0.4 is 10.6 Å². The lowest BCUT2D eigenvalue weighted by Crippen LogP contribution is -2.40. The fourth-order valence-corrected chi connectivity index (χ4v) is 2.33. The predicted molar refractivity (Wildman–Crippen MR) is 110 cm³/mol. The van der Waals surface area contributed by atoms with Crippen molar-refractivity contribution in [2.45, 2.75) is 31.8 Å². The van der Waals surface area contributed by atoms with Gasteiger partial charge in [-0.2, -0.15) is 0 Å². The van der Waals surface area contributed by atoms with Crippen LogP contribution in [0.3, 0.4) is 0 Å². The molecule has 2 aromatic rings. The predicted octanol–water partition coefficient (Wildman–Crippen LogP) is 2.90. The molecule has 1 fully saturated rings. The van der Waals surface area contributed by atoms with E-state index in [1.165, 1.54) is 0 Å². The van der Waals surface area contributed by atoms with Gasteiger partial charge in [-0.15, -0.1) is 24.0 Å². The number of furan rings is 1. The molecule has 25 heavy (non-hydrogen) atoms. The summed E-state index contributed by atoms with van der Waals surface area (Å²) in [6.07, 6.45) is 2.28. The van der Waals surface area contributed by atoms with Gasteiger partial charge in [0.25, 0.3) is 0 Å². The minimum Gasteiger partial charge on any atom is -0.459 e. The van der Waals surface area contributed by atoms with Crippen molar-refractivity contribution >= 4 is 46.8 Å². The number of nitrogens with one attached hydrogen (secondary N) is 2. The van der Waals surface area contributed by atoms with E-state index in [1.807, 2.05) is 37.3 Å². The standard InChI is InChI=1S/C18H24N4O2.HI/c1-12(16-10-13-6-4-5-7-15(13)24-16)20-18(21-14-8-9-14)19-11-17(23)22(2)3;/h4-7,10,12,14H,8-9,11H2,1-3H3,(H2,19,20,21);1H. The molecule has 1 aliphatic rings. The third-order valence-electron chi connectivity index (χ3n) is 4.01. The van der Waals surface area contributed by atoms with Crippen LogP contribution in [0.1, 0.15) is 31.6 Å². The molecule has 6 nitrogen and oxygen atoms in total. The smallest absolute Gasteiger partial charge is 0.243 e. The van der Waals surface area contributed by atoms with Crippen LogP contribution in [-0.4, -0.2) is 43.4 Å². The Labute approximate surface area is 165 Å². The molecular formula is C18H25IN4O2. The van der Waals surface area contributed by atoms with Crippen LogP contribution in [0.4, 0.5) is 0 Å². The molecule has 0 saturated heterocycles. The highest BCUT2D eigenvalue weighted by Crippen LogP contribution is 2.24. The monoisotopic (exact) mass is 456 g/mol. The lowest BCUT2D eigenvalue weighted by Gasteiger charge is -2.17. The van der Waals surface area contributed by atoms with Gasteiger partial charge in [-0.3, -0.25) is 4.79 Å². The van der Waals surface area contributed by atoms with Crippen LogP contribution in [0.15, 0.2) is 39.7 Å². The summed E-state index contributed by atoms with van der Waals surface area (Å²) < 4.78 is 5.89. The number of hydrogen-bond donors (Lipinski definition) is 2. The number of benzene rings is 1. The zero-order valence-electron chi connectivity index (χ0n) is 14.8. The molecule has 0 spiro atoms. The number of halogens is 1. The second-order valence-electron chi connectivity index (χ2n) is 6.42. The molecule has 1 heterocycles. The Hall–Kier alpha value is -1.77. The van der Waals surface area contributed by atoms with Crippen LogP contribution in [0.5, 0.6) is 0 Å². The number of para-hydroxylation sites is 1. The summed E-state index contributed by atoms with van der Waals surface area (Å²) in [7, 11) is 3.46. The zero-order valence-corrected chi connectivity index (χ0v) is 17.1. The van der Waals surface area contributed by atoms with Crippen molar-refractivity contribution in [2.24, 2.45) is 4.99 Å². The van der Waals surface area contributed by atoms with Gasteiger partial charge in [0.1, 0.15) is 17.9 Å². The summed E-state index contributed by atoms with van der Waals surface area (Å²) in [6, 6.07) is 10.4. The zero-order chi connectivity index (χ0) is 17.1. The number of hydrogen-bond acceptors (Lipinski definition) is 3. The van der Waals surface area contributed by atoms with Crippen LogP contribution in [-0.2, 0) is 4.79 Å². The fraction of sp³-hybridized carbons (Fsp3) is 0.444. The molecule has 1 unspecified atom stereocenters. The third-order valence-corrected chi connectivity index (χ3v) is 4.01. The Morgan fingerprint density at radius 3 is 2.72 bits per heavy atom. The Morgan fingerprint density at radius 1 is 1.36 bits per heavy atom. The van der Waals surface area contributed by atoms with Gasteiger partial charge in [0, 0.05) is 25.5 Å². The van der Waals surface area contributed by atoms with Crippen molar-refractivity contribution in [1.82, 2.24) is 15.5 Å². The summed E-state index contributed by atoms with van der Waals surface area (Å²) in [6.45, 7) is 2.15. The highest BCUT2D eigenvalue weighted by molar-refractivity contribution is 14.0. The molecule has 7 heteroatoms. The minimum absolute atomic E-state index is 0. The minimum atomic E-state index is -0.0446. The van der Waals surface area contributed by atoms with Crippen molar-refractivity contribution < 1.29 is 9.21 Å². The molecule has 2 N–H and O–H groups in total. The number of carbonyl (C=O) groups is 1. The summed E-state index contributed by atoms with van der Waals surface area (Å²) >= 11 is 0. The largest absolute Gasteiger partial charge is 0.459 e. The third kappa shape index (κ3) is 5.35. The number of fused-ring (bicyclic) bond motifs is 1. The van der Waals surface area contributed by atoms with Crippen molar-refractivity contribution in [3.63, 3.8) is 0 Å². The highest BCUT2D eigenvalue weighted by atomic mass is 127. The first-order valence-electron chi connectivity index (χ1n) is 8.29. The SMILES string of the molecule is CC(NC(=NCC(=O)N(C)C)NC1CC1)c1cc2ccccc2o1.I. The molecule has 1 aliphatic carbocycles. The molecule has 136 valence electrons. The van der Waals surface area contributed by atoms with E-state index in [9.17, 15) is 4.79 Å². The van der Waals surface area contributed by atoms with E-state index in [2.05, 4.69) is 15.6 Å². The van der Waals surface area contributed by atoms with E-state index in [1.54, 1.807) is 19.0 Å². The molecule has 0 aliphatic heterocycles. The Morgan fingerprint density at radius 2 is 2.08 bits per heavy atom. The average molecular weight is 456 g/mol. The fourth-order valence-electron chi connectivity index (χ4n) is 2.33. The first-order valence-corrected chi connectivity index (χ1v) is 8.29. The van der Waals surface area contributed by atoms with Gasteiger partial charge >= 0.3 is 0 Å². The van der Waals surface area contributed by atoms with Crippen LogP contribution in [0, 0.1) is 0 Å². The highest BCUT2D eigenvalue weighted by Gasteiger charge is 2.23. The summed E-state index contributed by atoms with van der Waals surface area (Å²) in [4.78, 5) is 17.7. The number of guanidine groups is 1. The van der Waals surface area contributed by atoms with Gasteiger partial charge in [0.2, 0.25) is 5.91 Å².